The van der Waals surface area contributed by atoms with Crippen LogP contribution in [0.4, 0.5) is 0 Å². The van der Waals surface area contributed by atoms with E-state index in [1.165, 1.54) is 24.0 Å². The van der Waals surface area contributed by atoms with Crippen LogP contribution in [0.5, 0.6) is 5.75 Å². The zero-order valence-corrected chi connectivity index (χ0v) is 12.8. The van der Waals surface area contributed by atoms with Gasteiger partial charge in [-0.1, -0.05) is 18.2 Å². The summed E-state index contributed by atoms with van der Waals surface area (Å²) in [5.74, 6) is 2.06. The van der Waals surface area contributed by atoms with Crippen LogP contribution in [0.1, 0.15) is 29.8 Å². The summed E-state index contributed by atoms with van der Waals surface area (Å²) >= 11 is 0. The summed E-state index contributed by atoms with van der Waals surface area (Å²) in [6.45, 7) is 6.51. The highest BCUT2D eigenvalue weighted by atomic mass is 16.5. The van der Waals surface area contributed by atoms with Gasteiger partial charge in [0.1, 0.15) is 18.2 Å². The van der Waals surface area contributed by atoms with Crippen molar-refractivity contribution in [1.82, 2.24) is 14.9 Å². The Morgan fingerprint density at radius 1 is 1.33 bits per heavy atom. The molecule has 4 nitrogen and oxygen atoms in total. The first-order valence-corrected chi connectivity index (χ1v) is 7.66. The zero-order valence-electron chi connectivity index (χ0n) is 12.8. The number of rotatable bonds is 7. The van der Waals surface area contributed by atoms with Crippen LogP contribution in [0.15, 0.2) is 30.6 Å². The van der Waals surface area contributed by atoms with Crippen LogP contribution in [-0.2, 0) is 13.1 Å². The van der Waals surface area contributed by atoms with Gasteiger partial charge in [-0.25, -0.2) is 4.98 Å². The predicted molar refractivity (Wildman–Crippen MR) is 83.5 cm³/mol. The molecular weight excluding hydrogens is 262 g/mol. The smallest absolute Gasteiger partial charge is 0.126 e. The van der Waals surface area contributed by atoms with Crippen LogP contribution < -0.4 is 10.1 Å². The standard InChI is InChI=1S/C17H23N3O/c1-13-4-3-5-15(12-19-16-6-7-16)17(13)21-11-10-20-9-8-18-14(20)2/h3-5,8-9,16,19H,6-7,10-12H2,1-2H3. The number of aromatic nitrogens is 2. The Balaban J connectivity index is 1.61. The Bertz CT molecular complexity index is 602. The Labute approximate surface area is 126 Å². The Morgan fingerprint density at radius 3 is 2.90 bits per heavy atom. The topological polar surface area (TPSA) is 39.1 Å². The van der Waals surface area contributed by atoms with Gasteiger partial charge in [0.25, 0.3) is 0 Å². The number of imidazole rings is 1. The molecule has 112 valence electrons. The maximum atomic E-state index is 6.06. The second kappa shape index (κ2) is 6.31. The summed E-state index contributed by atoms with van der Waals surface area (Å²) in [6.07, 6.45) is 6.43. The summed E-state index contributed by atoms with van der Waals surface area (Å²) < 4.78 is 8.17. The molecule has 0 unspecified atom stereocenters. The summed E-state index contributed by atoms with van der Waals surface area (Å²) in [5, 5.41) is 3.56. The van der Waals surface area contributed by atoms with Crippen molar-refractivity contribution in [3.8, 4) is 5.75 Å². The second-order valence-corrected chi connectivity index (χ2v) is 5.73. The number of para-hydroxylation sites is 1. The van der Waals surface area contributed by atoms with Crippen molar-refractivity contribution in [2.24, 2.45) is 0 Å². The molecular formula is C17H23N3O. The summed E-state index contributed by atoms with van der Waals surface area (Å²) in [4.78, 5) is 4.23. The molecule has 21 heavy (non-hydrogen) atoms. The first-order valence-electron chi connectivity index (χ1n) is 7.66. The lowest BCUT2D eigenvalue weighted by molar-refractivity contribution is 0.291. The minimum atomic E-state index is 0.665. The number of aryl methyl sites for hydroxylation is 2. The number of hydrogen-bond donors (Lipinski definition) is 1. The van der Waals surface area contributed by atoms with Crippen LogP contribution in [0.3, 0.4) is 0 Å². The van der Waals surface area contributed by atoms with E-state index in [1.54, 1.807) is 0 Å². The molecule has 0 saturated heterocycles. The van der Waals surface area contributed by atoms with E-state index in [9.17, 15) is 0 Å². The lowest BCUT2D eigenvalue weighted by atomic mass is 10.1. The third-order valence-electron chi connectivity index (χ3n) is 3.95. The normalized spacial score (nSPS) is 14.4. The molecule has 0 radical (unpaired) electrons. The highest BCUT2D eigenvalue weighted by Gasteiger charge is 2.20. The van der Waals surface area contributed by atoms with E-state index in [-0.39, 0.29) is 0 Å². The average molecular weight is 285 g/mol. The number of ether oxygens (including phenoxy) is 1. The van der Waals surface area contributed by atoms with Gasteiger partial charge in [0.15, 0.2) is 0 Å². The molecule has 1 aliphatic carbocycles. The van der Waals surface area contributed by atoms with Gasteiger partial charge in [-0.2, -0.15) is 0 Å². The van der Waals surface area contributed by atoms with E-state index >= 15 is 0 Å². The first kappa shape index (κ1) is 14.1. The van der Waals surface area contributed by atoms with E-state index in [1.807, 2.05) is 19.3 Å². The maximum Gasteiger partial charge on any atom is 0.126 e. The minimum Gasteiger partial charge on any atom is -0.491 e. The molecule has 0 amide bonds. The largest absolute Gasteiger partial charge is 0.491 e. The van der Waals surface area contributed by atoms with Crippen LogP contribution in [0.2, 0.25) is 0 Å². The highest BCUT2D eigenvalue weighted by Crippen LogP contribution is 2.25. The fourth-order valence-corrected chi connectivity index (χ4v) is 2.49. The van der Waals surface area contributed by atoms with Crippen molar-refractivity contribution in [2.45, 2.75) is 45.8 Å². The Hall–Kier alpha value is -1.81. The quantitative estimate of drug-likeness (QED) is 0.850. The van der Waals surface area contributed by atoms with E-state index < -0.39 is 0 Å². The lowest BCUT2D eigenvalue weighted by Gasteiger charge is -2.15. The second-order valence-electron chi connectivity index (χ2n) is 5.73. The van der Waals surface area contributed by atoms with Gasteiger partial charge in [-0.05, 0) is 32.3 Å². The maximum absolute atomic E-state index is 6.06. The molecule has 0 atom stereocenters. The SMILES string of the molecule is Cc1cccc(CNC2CC2)c1OCCn1ccnc1C. The van der Waals surface area contributed by atoms with Crippen molar-refractivity contribution >= 4 is 0 Å². The molecule has 4 heteroatoms. The molecule has 0 spiro atoms. The summed E-state index contributed by atoms with van der Waals surface area (Å²) in [7, 11) is 0. The molecule has 2 aromatic rings. The van der Waals surface area contributed by atoms with Crippen molar-refractivity contribution in [1.29, 1.82) is 0 Å². The van der Waals surface area contributed by atoms with Gasteiger partial charge < -0.3 is 14.6 Å². The minimum absolute atomic E-state index is 0.665. The van der Waals surface area contributed by atoms with Crippen molar-refractivity contribution in [3.05, 3.63) is 47.5 Å². The van der Waals surface area contributed by atoms with E-state index in [0.29, 0.717) is 12.6 Å². The van der Waals surface area contributed by atoms with Gasteiger partial charge in [0.2, 0.25) is 0 Å². The van der Waals surface area contributed by atoms with Crippen LogP contribution >= 0.6 is 0 Å². The Morgan fingerprint density at radius 2 is 2.19 bits per heavy atom. The number of hydrogen-bond acceptors (Lipinski definition) is 3. The lowest BCUT2D eigenvalue weighted by Crippen LogP contribution is -2.17. The molecule has 1 aromatic carbocycles. The van der Waals surface area contributed by atoms with Gasteiger partial charge in [0.05, 0.1) is 6.54 Å². The average Bonchev–Trinajstić information content (AvgIpc) is 3.22. The predicted octanol–water partition coefficient (Wildman–Crippen LogP) is 2.83. The van der Waals surface area contributed by atoms with E-state index in [4.69, 9.17) is 4.74 Å². The molecule has 1 N–H and O–H groups in total. The van der Waals surface area contributed by atoms with E-state index in [0.717, 1.165) is 24.7 Å². The molecule has 1 aromatic heterocycles. The van der Waals surface area contributed by atoms with Gasteiger partial charge in [0, 0.05) is 30.5 Å². The number of nitrogens with one attached hydrogen (secondary N) is 1. The van der Waals surface area contributed by atoms with Crippen LogP contribution in [0.25, 0.3) is 0 Å². The zero-order chi connectivity index (χ0) is 14.7. The third kappa shape index (κ3) is 3.64. The van der Waals surface area contributed by atoms with Crippen LogP contribution in [-0.4, -0.2) is 22.2 Å². The van der Waals surface area contributed by atoms with Gasteiger partial charge >= 0.3 is 0 Å². The fourth-order valence-electron chi connectivity index (χ4n) is 2.49. The fraction of sp³-hybridized carbons (Fsp3) is 0.471. The summed E-state index contributed by atoms with van der Waals surface area (Å²) in [5.41, 5.74) is 2.46. The van der Waals surface area contributed by atoms with Gasteiger partial charge in [-0.15, -0.1) is 0 Å². The number of benzene rings is 1. The third-order valence-corrected chi connectivity index (χ3v) is 3.95. The molecule has 1 heterocycles. The number of nitrogens with zero attached hydrogens (tertiary/aromatic N) is 2. The monoisotopic (exact) mass is 285 g/mol. The molecule has 1 saturated carbocycles. The van der Waals surface area contributed by atoms with Crippen molar-refractivity contribution in [2.75, 3.05) is 6.61 Å². The van der Waals surface area contributed by atoms with Crippen LogP contribution in [0, 0.1) is 13.8 Å². The van der Waals surface area contributed by atoms with E-state index in [2.05, 4.69) is 40.0 Å². The highest BCUT2D eigenvalue weighted by molar-refractivity contribution is 5.40. The van der Waals surface area contributed by atoms with Crippen molar-refractivity contribution in [3.63, 3.8) is 0 Å². The van der Waals surface area contributed by atoms with Crippen molar-refractivity contribution < 1.29 is 4.74 Å². The molecule has 1 fully saturated rings. The molecule has 3 rings (SSSR count). The molecule has 1 aliphatic rings. The molecule has 0 bridgehead atoms. The summed E-state index contributed by atoms with van der Waals surface area (Å²) in [6, 6.07) is 7.08. The van der Waals surface area contributed by atoms with Gasteiger partial charge in [-0.3, -0.25) is 0 Å². The Kier molecular flexibility index (Phi) is 4.25. The molecule has 0 aliphatic heterocycles. The first-order chi connectivity index (χ1) is 10.2.